The van der Waals surface area contributed by atoms with Gasteiger partial charge < -0.3 is 4.74 Å². The molecule has 0 fully saturated rings. The van der Waals surface area contributed by atoms with E-state index in [9.17, 15) is 4.79 Å². The van der Waals surface area contributed by atoms with E-state index in [2.05, 4.69) is 11.3 Å². The minimum absolute atomic E-state index is 0.190. The van der Waals surface area contributed by atoms with E-state index in [1.165, 1.54) is 0 Å². The van der Waals surface area contributed by atoms with Gasteiger partial charge in [0.05, 0.1) is 18.7 Å². The van der Waals surface area contributed by atoms with Crippen molar-refractivity contribution in [1.29, 1.82) is 10.5 Å². The number of nitrogens with zero attached hydrogens (tertiary/aromatic N) is 2. The summed E-state index contributed by atoms with van der Waals surface area (Å²) in [6.07, 6.45) is 1.14. The third-order valence-corrected chi connectivity index (χ3v) is 0.970. The van der Waals surface area contributed by atoms with Crippen molar-refractivity contribution >= 4 is 5.97 Å². The van der Waals surface area contributed by atoms with Crippen LogP contribution in [0.3, 0.4) is 0 Å². The smallest absolute Gasteiger partial charge is 0.330 e. The molecule has 0 atom stereocenters. The quantitative estimate of drug-likeness (QED) is 0.547. The molecular formula is C13H22N2O2. The summed E-state index contributed by atoms with van der Waals surface area (Å²) in [6.45, 7) is 12.8. The summed E-state index contributed by atoms with van der Waals surface area (Å²) in [5, 5.41) is 15.8. The van der Waals surface area contributed by atoms with E-state index in [1.54, 1.807) is 6.92 Å². The number of ether oxygens (including phenoxy) is 1. The van der Waals surface area contributed by atoms with Crippen LogP contribution < -0.4 is 0 Å². The molecule has 0 aromatic rings. The van der Waals surface area contributed by atoms with Crippen molar-refractivity contribution < 1.29 is 9.53 Å². The number of nitriles is 2. The van der Waals surface area contributed by atoms with Gasteiger partial charge in [-0.05, 0) is 34.6 Å². The van der Waals surface area contributed by atoms with Gasteiger partial charge >= 0.3 is 5.97 Å². The minimum atomic E-state index is -0.359. The Balaban J connectivity index is -0.000000177. The average molecular weight is 238 g/mol. The lowest BCUT2D eigenvalue weighted by atomic mass is 10.3. The summed E-state index contributed by atoms with van der Waals surface area (Å²) in [5.74, 6) is 0.0208. The predicted octanol–water partition coefficient (Wildman–Crippen LogP) is 3.07. The van der Waals surface area contributed by atoms with E-state index in [-0.39, 0.29) is 17.8 Å². The molecule has 0 amide bonds. The number of hydrogen-bond donors (Lipinski definition) is 0. The van der Waals surface area contributed by atoms with E-state index in [4.69, 9.17) is 10.5 Å². The molecular weight excluding hydrogens is 216 g/mol. The first kappa shape index (κ1) is 20.6. The summed E-state index contributed by atoms with van der Waals surface area (Å²) in [5.41, 5.74) is 0. The third kappa shape index (κ3) is 40.8. The van der Waals surface area contributed by atoms with Crippen molar-refractivity contribution in [2.24, 2.45) is 11.8 Å². The Morgan fingerprint density at radius 1 is 1.24 bits per heavy atom. The van der Waals surface area contributed by atoms with Gasteiger partial charge in [0, 0.05) is 17.9 Å². The molecule has 0 saturated heterocycles. The standard InChI is InChI=1S/C5H8O2.2C4H7N/c1-3-5(6)7-4-2;2*1-4(2)3-5/h3H,1,4H2,2H3;2*4H,1-2H3. The molecule has 0 spiro atoms. The van der Waals surface area contributed by atoms with Crippen molar-refractivity contribution in [1.82, 2.24) is 0 Å². The van der Waals surface area contributed by atoms with Gasteiger partial charge in [0.1, 0.15) is 0 Å². The fourth-order valence-corrected chi connectivity index (χ4v) is 0.201. The van der Waals surface area contributed by atoms with Crippen molar-refractivity contribution in [2.75, 3.05) is 6.61 Å². The molecule has 0 aliphatic carbocycles. The molecule has 0 N–H and O–H groups in total. The van der Waals surface area contributed by atoms with Gasteiger partial charge in [-0.15, -0.1) is 0 Å². The second-order valence-corrected chi connectivity index (χ2v) is 3.52. The fourth-order valence-electron chi connectivity index (χ4n) is 0.201. The minimum Gasteiger partial charge on any atom is -0.463 e. The monoisotopic (exact) mass is 238 g/mol. The number of esters is 1. The number of carbonyl (C=O) groups is 1. The SMILES string of the molecule is C=CC(=O)OCC.CC(C)C#N.CC(C)C#N. The molecule has 4 nitrogen and oxygen atoms in total. The lowest BCUT2D eigenvalue weighted by Gasteiger charge is -1.90. The fraction of sp³-hybridized carbons (Fsp3) is 0.615. The highest BCUT2D eigenvalue weighted by Gasteiger charge is 1.86. The molecule has 0 radical (unpaired) electrons. The highest BCUT2D eigenvalue weighted by atomic mass is 16.5. The molecule has 0 aliphatic heterocycles. The van der Waals surface area contributed by atoms with Crippen molar-refractivity contribution in [3.8, 4) is 12.1 Å². The largest absolute Gasteiger partial charge is 0.463 e. The number of rotatable bonds is 2. The highest BCUT2D eigenvalue weighted by molar-refractivity contribution is 5.81. The third-order valence-electron chi connectivity index (χ3n) is 0.970. The van der Waals surface area contributed by atoms with Crippen molar-refractivity contribution in [3.63, 3.8) is 0 Å². The highest BCUT2D eigenvalue weighted by Crippen LogP contribution is 1.82. The average Bonchev–Trinajstić information content (AvgIpc) is 2.30. The zero-order valence-corrected chi connectivity index (χ0v) is 11.4. The van der Waals surface area contributed by atoms with Gasteiger partial charge in [0.15, 0.2) is 0 Å². The normalized spacial score (nSPS) is 7.59. The molecule has 0 aromatic carbocycles. The number of carbonyl (C=O) groups excluding carboxylic acids is 1. The molecule has 4 heteroatoms. The van der Waals surface area contributed by atoms with Gasteiger partial charge in [-0.3, -0.25) is 0 Å². The molecule has 0 saturated carbocycles. The second-order valence-electron chi connectivity index (χ2n) is 3.52. The topological polar surface area (TPSA) is 73.9 Å². The van der Waals surface area contributed by atoms with Crippen LogP contribution in [-0.2, 0) is 9.53 Å². The molecule has 0 heterocycles. The zero-order chi connectivity index (χ0) is 14.3. The van der Waals surface area contributed by atoms with E-state index >= 15 is 0 Å². The first-order valence-corrected chi connectivity index (χ1v) is 5.43. The van der Waals surface area contributed by atoms with Gasteiger partial charge in [0.2, 0.25) is 0 Å². The summed E-state index contributed by atoms with van der Waals surface area (Å²) >= 11 is 0. The van der Waals surface area contributed by atoms with Gasteiger partial charge in [0.25, 0.3) is 0 Å². The Bertz CT molecular complexity index is 252. The Kier molecular flexibility index (Phi) is 20.1. The maximum Gasteiger partial charge on any atom is 0.330 e. The van der Waals surface area contributed by atoms with Crippen LogP contribution in [0.25, 0.3) is 0 Å². The molecule has 17 heavy (non-hydrogen) atoms. The molecule has 0 aromatic heterocycles. The summed E-state index contributed by atoms with van der Waals surface area (Å²) < 4.78 is 4.43. The maximum atomic E-state index is 10.1. The summed E-state index contributed by atoms with van der Waals surface area (Å²) in [4.78, 5) is 10.1. The van der Waals surface area contributed by atoms with E-state index in [0.717, 1.165) is 6.08 Å². The predicted molar refractivity (Wildman–Crippen MR) is 67.7 cm³/mol. The number of hydrogen-bond acceptors (Lipinski definition) is 4. The first-order valence-electron chi connectivity index (χ1n) is 5.43. The Labute approximate surface area is 105 Å². The summed E-state index contributed by atoms with van der Waals surface area (Å²) in [6, 6.07) is 4.06. The lowest BCUT2D eigenvalue weighted by Crippen LogP contribution is -1.97. The Hall–Kier alpha value is -1.81. The van der Waals surface area contributed by atoms with Crippen LogP contribution in [0.2, 0.25) is 0 Å². The lowest BCUT2D eigenvalue weighted by molar-refractivity contribution is -0.137. The summed E-state index contributed by atoms with van der Waals surface area (Å²) in [7, 11) is 0. The van der Waals surface area contributed by atoms with Crippen LogP contribution in [-0.4, -0.2) is 12.6 Å². The molecule has 0 bridgehead atoms. The van der Waals surface area contributed by atoms with Gasteiger partial charge in [-0.2, -0.15) is 10.5 Å². The van der Waals surface area contributed by atoms with Crippen molar-refractivity contribution in [3.05, 3.63) is 12.7 Å². The van der Waals surface area contributed by atoms with Gasteiger partial charge in [-0.1, -0.05) is 6.58 Å². The van der Waals surface area contributed by atoms with E-state index < -0.39 is 0 Å². The van der Waals surface area contributed by atoms with Crippen LogP contribution in [0.1, 0.15) is 34.6 Å². The van der Waals surface area contributed by atoms with E-state index in [0.29, 0.717) is 6.61 Å². The Morgan fingerprint density at radius 3 is 1.59 bits per heavy atom. The van der Waals surface area contributed by atoms with Crippen LogP contribution in [0.4, 0.5) is 0 Å². The molecule has 0 aliphatic rings. The van der Waals surface area contributed by atoms with Gasteiger partial charge in [-0.25, -0.2) is 4.79 Å². The van der Waals surface area contributed by atoms with Crippen LogP contribution in [0, 0.1) is 34.5 Å². The Morgan fingerprint density at radius 2 is 1.53 bits per heavy atom. The maximum absolute atomic E-state index is 10.1. The van der Waals surface area contributed by atoms with Crippen molar-refractivity contribution in [2.45, 2.75) is 34.6 Å². The van der Waals surface area contributed by atoms with Crippen LogP contribution in [0.15, 0.2) is 12.7 Å². The molecule has 0 unspecified atom stereocenters. The molecule has 0 rings (SSSR count). The second kappa shape index (κ2) is 16.6. The molecule has 96 valence electrons. The van der Waals surface area contributed by atoms with Crippen LogP contribution >= 0.6 is 0 Å². The van der Waals surface area contributed by atoms with E-state index in [1.807, 2.05) is 39.8 Å². The first-order chi connectivity index (χ1) is 7.85. The van der Waals surface area contributed by atoms with Crippen LogP contribution in [0.5, 0.6) is 0 Å². The zero-order valence-electron chi connectivity index (χ0n) is 11.4.